The van der Waals surface area contributed by atoms with E-state index in [1.807, 2.05) is 19.2 Å². The molecule has 0 aromatic heterocycles. The first-order chi connectivity index (χ1) is 9.62. The highest BCUT2D eigenvalue weighted by Gasteiger charge is 2.11. The number of ether oxygens (including phenoxy) is 2. The minimum absolute atomic E-state index is 0.265. The molecule has 0 fully saturated rings. The van der Waals surface area contributed by atoms with Crippen LogP contribution in [0.5, 0.6) is 5.75 Å². The van der Waals surface area contributed by atoms with Gasteiger partial charge in [0, 0.05) is 41.9 Å². The van der Waals surface area contributed by atoms with Gasteiger partial charge in [-0.15, -0.1) is 0 Å². The minimum Gasteiger partial charge on any atom is -0.496 e. The Kier molecular flexibility index (Phi) is 7.80. The van der Waals surface area contributed by atoms with E-state index in [1.165, 1.54) is 5.56 Å². The fourth-order valence-electron chi connectivity index (χ4n) is 1.96. The van der Waals surface area contributed by atoms with Crippen LogP contribution in [0.1, 0.15) is 30.5 Å². The molecule has 2 atom stereocenters. The first kappa shape index (κ1) is 17.1. The van der Waals surface area contributed by atoms with Crippen LogP contribution < -0.4 is 10.1 Å². The summed E-state index contributed by atoms with van der Waals surface area (Å²) >= 11 is 0. The second-order valence-corrected chi connectivity index (χ2v) is 6.29. The van der Waals surface area contributed by atoms with Crippen LogP contribution in [0.25, 0.3) is 0 Å². The van der Waals surface area contributed by atoms with E-state index in [0.29, 0.717) is 18.1 Å². The molecule has 2 unspecified atom stereocenters. The number of hydrogen-bond acceptors (Lipinski definition) is 4. The summed E-state index contributed by atoms with van der Waals surface area (Å²) in [6.45, 7) is 2.75. The highest BCUT2D eigenvalue weighted by atomic mass is 32.2. The van der Waals surface area contributed by atoms with Crippen LogP contribution in [0.3, 0.4) is 0 Å². The molecular weight excluding hydrogens is 274 g/mol. The molecule has 5 heteroatoms. The number of rotatable bonds is 9. The quantitative estimate of drug-likeness (QED) is 0.711. The molecule has 1 aromatic rings. The van der Waals surface area contributed by atoms with Gasteiger partial charge < -0.3 is 14.8 Å². The number of benzene rings is 1. The van der Waals surface area contributed by atoms with Crippen molar-refractivity contribution < 1.29 is 13.7 Å². The number of methoxy groups -OCH3 is 2. The van der Waals surface area contributed by atoms with Gasteiger partial charge in [-0.1, -0.05) is 6.07 Å². The second kappa shape index (κ2) is 9.10. The van der Waals surface area contributed by atoms with Crippen LogP contribution in [0, 0.1) is 0 Å². The molecule has 114 valence electrons. The van der Waals surface area contributed by atoms with Crippen molar-refractivity contribution >= 4 is 10.8 Å². The van der Waals surface area contributed by atoms with Crippen LogP contribution in [0.2, 0.25) is 0 Å². The fraction of sp³-hybridized carbons (Fsp3) is 0.600. The summed E-state index contributed by atoms with van der Waals surface area (Å²) in [7, 11) is 4.35. The molecule has 1 aromatic carbocycles. The number of hydrogen-bond donors (Lipinski definition) is 1. The topological polar surface area (TPSA) is 47.6 Å². The largest absolute Gasteiger partial charge is 0.496 e. The summed E-state index contributed by atoms with van der Waals surface area (Å²) < 4.78 is 22.4. The fourth-order valence-corrected chi connectivity index (χ4v) is 3.11. The average molecular weight is 299 g/mol. The Bertz CT molecular complexity index is 437. The van der Waals surface area contributed by atoms with E-state index in [4.69, 9.17) is 9.47 Å². The van der Waals surface area contributed by atoms with Crippen LogP contribution in [0.4, 0.5) is 0 Å². The van der Waals surface area contributed by atoms with Gasteiger partial charge in [0.15, 0.2) is 0 Å². The van der Waals surface area contributed by atoms with E-state index in [2.05, 4.69) is 18.3 Å². The summed E-state index contributed by atoms with van der Waals surface area (Å²) in [4.78, 5) is 0. The SMILES string of the molecule is CNC(C)c1ccc(OC)c(CS(=O)CCCOC)c1. The van der Waals surface area contributed by atoms with Crippen LogP contribution in [-0.2, 0) is 21.3 Å². The summed E-state index contributed by atoms with van der Waals surface area (Å²) in [5.74, 6) is 1.98. The van der Waals surface area contributed by atoms with Crippen molar-refractivity contribution in [3.63, 3.8) is 0 Å². The first-order valence-electron chi connectivity index (χ1n) is 6.80. The van der Waals surface area contributed by atoms with Gasteiger partial charge in [0.25, 0.3) is 0 Å². The molecule has 0 aliphatic carbocycles. The Hall–Kier alpha value is -0.910. The Balaban J connectivity index is 2.77. The molecule has 0 saturated carbocycles. The Morgan fingerprint density at radius 2 is 2.10 bits per heavy atom. The lowest BCUT2D eigenvalue weighted by Gasteiger charge is -2.15. The van der Waals surface area contributed by atoms with E-state index < -0.39 is 10.8 Å². The van der Waals surface area contributed by atoms with Gasteiger partial charge in [-0.2, -0.15) is 0 Å². The van der Waals surface area contributed by atoms with Crippen LogP contribution in [-0.4, -0.2) is 37.8 Å². The van der Waals surface area contributed by atoms with Crippen molar-refractivity contribution in [2.75, 3.05) is 33.6 Å². The zero-order valence-electron chi connectivity index (χ0n) is 12.8. The summed E-state index contributed by atoms with van der Waals surface area (Å²) in [6, 6.07) is 6.33. The lowest BCUT2D eigenvalue weighted by Crippen LogP contribution is -2.13. The van der Waals surface area contributed by atoms with Gasteiger partial charge in [0.2, 0.25) is 0 Å². The molecule has 0 amide bonds. The third-order valence-corrected chi connectivity index (χ3v) is 4.65. The zero-order valence-corrected chi connectivity index (χ0v) is 13.6. The standard InChI is InChI=1S/C15H25NO3S/c1-12(16-2)13-6-7-15(19-4)14(10-13)11-20(17)9-5-8-18-3/h6-7,10,12,16H,5,8-9,11H2,1-4H3. The Morgan fingerprint density at radius 1 is 1.35 bits per heavy atom. The second-order valence-electron chi connectivity index (χ2n) is 4.72. The predicted octanol–water partition coefficient (Wildman–Crippen LogP) is 2.26. The molecule has 1 rings (SSSR count). The Morgan fingerprint density at radius 3 is 2.70 bits per heavy atom. The lowest BCUT2D eigenvalue weighted by atomic mass is 10.1. The van der Waals surface area contributed by atoms with Crippen molar-refractivity contribution in [1.29, 1.82) is 0 Å². The smallest absolute Gasteiger partial charge is 0.123 e. The molecule has 0 heterocycles. The molecule has 0 radical (unpaired) electrons. The van der Waals surface area contributed by atoms with Crippen LogP contribution >= 0.6 is 0 Å². The maximum absolute atomic E-state index is 12.1. The van der Waals surface area contributed by atoms with E-state index in [1.54, 1.807) is 14.2 Å². The molecule has 0 bridgehead atoms. The van der Waals surface area contributed by atoms with Crippen molar-refractivity contribution in [2.24, 2.45) is 0 Å². The molecular formula is C15H25NO3S. The lowest BCUT2D eigenvalue weighted by molar-refractivity contribution is 0.200. The van der Waals surface area contributed by atoms with E-state index >= 15 is 0 Å². The normalized spacial score (nSPS) is 14.0. The maximum atomic E-state index is 12.1. The molecule has 0 spiro atoms. The van der Waals surface area contributed by atoms with Gasteiger partial charge in [0.05, 0.1) is 12.9 Å². The van der Waals surface area contributed by atoms with Gasteiger partial charge in [0.1, 0.15) is 5.75 Å². The molecule has 1 N–H and O–H groups in total. The van der Waals surface area contributed by atoms with Gasteiger partial charge in [-0.05, 0) is 38.1 Å². The van der Waals surface area contributed by atoms with Crippen LogP contribution in [0.15, 0.2) is 18.2 Å². The van der Waals surface area contributed by atoms with Crippen molar-refractivity contribution in [3.05, 3.63) is 29.3 Å². The van der Waals surface area contributed by atoms with E-state index in [0.717, 1.165) is 17.7 Å². The zero-order chi connectivity index (χ0) is 15.0. The van der Waals surface area contributed by atoms with E-state index in [9.17, 15) is 4.21 Å². The Labute approximate surface area is 124 Å². The highest BCUT2D eigenvalue weighted by molar-refractivity contribution is 7.84. The first-order valence-corrected chi connectivity index (χ1v) is 8.29. The van der Waals surface area contributed by atoms with Gasteiger partial charge >= 0.3 is 0 Å². The third-order valence-electron chi connectivity index (χ3n) is 3.27. The molecule has 0 saturated heterocycles. The summed E-state index contributed by atoms with van der Waals surface area (Å²) in [5.41, 5.74) is 2.18. The van der Waals surface area contributed by atoms with Crippen molar-refractivity contribution in [1.82, 2.24) is 5.32 Å². The summed E-state index contributed by atoms with van der Waals surface area (Å²) in [5, 5.41) is 3.21. The minimum atomic E-state index is -0.888. The third kappa shape index (κ3) is 5.23. The summed E-state index contributed by atoms with van der Waals surface area (Å²) in [6.07, 6.45) is 0.817. The molecule has 0 aliphatic rings. The average Bonchev–Trinajstić information content (AvgIpc) is 2.46. The maximum Gasteiger partial charge on any atom is 0.123 e. The number of nitrogens with one attached hydrogen (secondary N) is 1. The molecule has 4 nitrogen and oxygen atoms in total. The predicted molar refractivity (Wildman–Crippen MR) is 83.7 cm³/mol. The highest BCUT2D eigenvalue weighted by Crippen LogP contribution is 2.24. The van der Waals surface area contributed by atoms with E-state index in [-0.39, 0.29) is 6.04 Å². The van der Waals surface area contributed by atoms with Gasteiger partial charge in [-0.25, -0.2) is 0 Å². The molecule has 0 aliphatic heterocycles. The molecule has 20 heavy (non-hydrogen) atoms. The van der Waals surface area contributed by atoms with Gasteiger partial charge in [-0.3, -0.25) is 4.21 Å². The monoisotopic (exact) mass is 299 g/mol. The van der Waals surface area contributed by atoms with Crippen molar-refractivity contribution in [2.45, 2.75) is 25.1 Å². The van der Waals surface area contributed by atoms with Crippen molar-refractivity contribution in [3.8, 4) is 5.75 Å².